The first-order valence-corrected chi connectivity index (χ1v) is 6.36. The first kappa shape index (κ1) is 11.9. The van der Waals surface area contributed by atoms with Crippen molar-refractivity contribution in [3.63, 3.8) is 0 Å². The fraction of sp³-hybridized carbons (Fsp3) is 0.333. The second-order valence-corrected chi connectivity index (χ2v) is 5.48. The normalized spacial score (nSPS) is 12.4. The van der Waals surface area contributed by atoms with Crippen molar-refractivity contribution in [3.8, 4) is 0 Å². The maximum Gasteiger partial charge on any atom is 0.149 e. The number of nitrogen functional groups attached to an aromatic ring is 1. The van der Waals surface area contributed by atoms with Crippen molar-refractivity contribution in [2.24, 2.45) is 0 Å². The molecule has 90 valence electrons. The summed E-state index contributed by atoms with van der Waals surface area (Å²) in [4.78, 5) is 2.73. The molecule has 0 bridgehead atoms. The molecule has 0 aliphatic rings. The van der Waals surface area contributed by atoms with Gasteiger partial charge in [-0.3, -0.25) is 0 Å². The van der Waals surface area contributed by atoms with Crippen LogP contribution in [0.25, 0.3) is 0 Å². The van der Waals surface area contributed by atoms with Gasteiger partial charge in [0.1, 0.15) is 11.6 Å². The van der Waals surface area contributed by atoms with E-state index in [1.165, 1.54) is 9.75 Å². The van der Waals surface area contributed by atoms with Gasteiger partial charge in [0.05, 0.1) is 0 Å². The molecule has 0 fully saturated rings. The largest absolute Gasteiger partial charge is 0.382 e. The van der Waals surface area contributed by atoms with E-state index in [9.17, 15) is 0 Å². The zero-order valence-electron chi connectivity index (χ0n) is 9.97. The molecule has 0 saturated carbocycles. The van der Waals surface area contributed by atoms with Crippen molar-refractivity contribution in [2.45, 2.75) is 26.3 Å². The Morgan fingerprint density at radius 3 is 2.71 bits per heavy atom. The summed E-state index contributed by atoms with van der Waals surface area (Å²) in [7, 11) is 0. The summed E-state index contributed by atoms with van der Waals surface area (Å²) in [5, 5.41) is 11.1. The second kappa shape index (κ2) is 5.14. The van der Waals surface area contributed by atoms with Crippen LogP contribution >= 0.6 is 11.3 Å². The number of thiophene rings is 1. The highest BCUT2D eigenvalue weighted by atomic mass is 32.1. The molecule has 0 amide bonds. The van der Waals surface area contributed by atoms with Crippen molar-refractivity contribution in [1.29, 1.82) is 0 Å². The summed E-state index contributed by atoms with van der Waals surface area (Å²) in [6.07, 6.45) is 0.991. The molecule has 2 heterocycles. The van der Waals surface area contributed by atoms with Gasteiger partial charge >= 0.3 is 0 Å². The number of nitrogens with one attached hydrogen (secondary N) is 1. The number of hydrogen-bond donors (Lipinski definition) is 2. The topological polar surface area (TPSA) is 63.8 Å². The third-order valence-corrected chi connectivity index (χ3v) is 3.41. The van der Waals surface area contributed by atoms with Crippen molar-refractivity contribution in [1.82, 2.24) is 10.2 Å². The predicted molar refractivity (Wildman–Crippen MR) is 72.3 cm³/mol. The SMILES string of the molecule is Cc1ccc(CC(C)Nc2ccc(N)nn2)s1. The van der Waals surface area contributed by atoms with E-state index in [1.807, 2.05) is 17.4 Å². The van der Waals surface area contributed by atoms with E-state index in [4.69, 9.17) is 5.73 Å². The van der Waals surface area contributed by atoms with E-state index in [2.05, 4.69) is 41.5 Å². The van der Waals surface area contributed by atoms with Crippen LogP contribution in [-0.2, 0) is 6.42 Å². The van der Waals surface area contributed by atoms with E-state index in [0.29, 0.717) is 11.9 Å². The van der Waals surface area contributed by atoms with Gasteiger partial charge in [0, 0.05) is 22.2 Å². The lowest BCUT2D eigenvalue weighted by molar-refractivity contribution is 0.789. The van der Waals surface area contributed by atoms with E-state index in [0.717, 1.165) is 12.2 Å². The fourth-order valence-electron chi connectivity index (χ4n) is 1.62. The monoisotopic (exact) mass is 248 g/mol. The molecular weight excluding hydrogens is 232 g/mol. The lowest BCUT2D eigenvalue weighted by Crippen LogP contribution is -2.18. The third-order valence-electron chi connectivity index (χ3n) is 2.38. The minimum Gasteiger partial charge on any atom is -0.382 e. The highest BCUT2D eigenvalue weighted by Gasteiger charge is 2.06. The van der Waals surface area contributed by atoms with Gasteiger partial charge in [0.25, 0.3) is 0 Å². The number of aromatic nitrogens is 2. The third kappa shape index (κ3) is 3.42. The molecule has 1 atom stereocenters. The fourth-order valence-corrected chi connectivity index (χ4v) is 2.64. The highest BCUT2D eigenvalue weighted by molar-refractivity contribution is 7.11. The van der Waals surface area contributed by atoms with Crippen LogP contribution in [0, 0.1) is 6.92 Å². The van der Waals surface area contributed by atoms with Crippen LogP contribution in [0.2, 0.25) is 0 Å². The van der Waals surface area contributed by atoms with E-state index >= 15 is 0 Å². The molecule has 2 aromatic rings. The quantitative estimate of drug-likeness (QED) is 0.872. The number of anilines is 2. The molecule has 5 heteroatoms. The van der Waals surface area contributed by atoms with Crippen molar-refractivity contribution in [2.75, 3.05) is 11.1 Å². The Morgan fingerprint density at radius 1 is 1.29 bits per heavy atom. The highest BCUT2D eigenvalue weighted by Crippen LogP contribution is 2.17. The van der Waals surface area contributed by atoms with Gasteiger partial charge in [-0.15, -0.1) is 21.5 Å². The van der Waals surface area contributed by atoms with Crippen molar-refractivity contribution < 1.29 is 0 Å². The zero-order valence-corrected chi connectivity index (χ0v) is 10.8. The van der Waals surface area contributed by atoms with E-state index in [-0.39, 0.29) is 0 Å². The molecule has 0 saturated heterocycles. The number of aryl methyl sites for hydroxylation is 1. The number of hydrogen-bond acceptors (Lipinski definition) is 5. The smallest absolute Gasteiger partial charge is 0.149 e. The Hall–Kier alpha value is -1.62. The first-order chi connectivity index (χ1) is 8.13. The summed E-state index contributed by atoms with van der Waals surface area (Å²) in [6.45, 7) is 4.25. The minimum absolute atomic E-state index is 0.325. The Balaban J connectivity index is 1.93. The molecule has 0 aliphatic carbocycles. The lowest BCUT2D eigenvalue weighted by atomic mass is 10.2. The molecule has 1 unspecified atom stereocenters. The minimum atomic E-state index is 0.325. The van der Waals surface area contributed by atoms with Gasteiger partial charge < -0.3 is 11.1 Å². The molecule has 2 rings (SSSR count). The van der Waals surface area contributed by atoms with Gasteiger partial charge in [-0.25, -0.2) is 0 Å². The summed E-state index contributed by atoms with van der Waals surface area (Å²) in [5.41, 5.74) is 5.48. The molecular formula is C12H16N4S. The molecule has 3 N–H and O–H groups in total. The molecule has 0 spiro atoms. The predicted octanol–water partition coefficient (Wildman–Crippen LogP) is 2.47. The van der Waals surface area contributed by atoms with E-state index in [1.54, 1.807) is 6.07 Å². The van der Waals surface area contributed by atoms with Crippen molar-refractivity contribution >= 4 is 23.0 Å². The van der Waals surface area contributed by atoms with Gasteiger partial charge in [-0.1, -0.05) is 0 Å². The van der Waals surface area contributed by atoms with Gasteiger partial charge in [-0.05, 0) is 38.1 Å². The second-order valence-electron chi connectivity index (χ2n) is 4.11. The standard InChI is InChI=1S/C12H16N4S/c1-8(7-10-4-3-9(2)17-10)14-12-6-5-11(13)15-16-12/h3-6,8H,7H2,1-2H3,(H2,13,15)(H,14,16). The van der Waals surface area contributed by atoms with Crippen LogP contribution in [0.15, 0.2) is 24.3 Å². The number of rotatable bonds is 4. The van der Waals surface area contributed by atoms with Crippen molar-refractivity contribution in [3.05, 3.63) is 34.0 Å². The van der Waals surface area contributed by atoms with Gasteiger partial charge in [0.15, 0.2) is 0 Å². The van der Waals surface area contributed by atoms with Crippen LogP contribution in [0.1, 0.15) is 16.7 Å². The molecule has 17 heavy (non-hydrogen) atoms. The van der Waals surface area contributed by atoms with Crippen LogP contribution in [0.3, 0.4) is 0 Å². The van der Waals surface area contributed by atoms with Gasteiger partial charge in [-0.2, -0.15) is 0 Å². The van der Waals surface area contributed by atoms with Crippen LogP contribution < -0.4 is 11.1 Å². The summed E-state index contributed by atoms with van der Waals surface area (Å²) < 4.78 is 0. The first-order valence-electron chi connectivity index (χ1n) is 5.54. The van der Waals surface area contributed by atoms with Gasteiger partial charge in [0.2, 0.25) is 0 Å². The molecule has 4 nitrogen and oxygen atoms in total. The average molecular weight is 248 g/mol. The summed E-state index contributed by atoms with van der Waals surface area (Å²) in [5.74, 6) is 1.21. The van der Waals surface area contributed by atoms with E-state index < -0.39 is 0 Å². The Kier molecular flexibility index (Phi) is 3.58. The molecule has 0 radical (unpaired) electrons. The number of nitrogens with two attached hydrogens (primary N) is 1. The Labute approximate surface area is 105 Å². The van der Waals surface area contributed by atoms with Crippen LogP contribution in [-0.4, -0.2) is 16.2 Å². The summed E-state index contributed by atoms with van der Waals surface area (Å²) >= 11 is 1.83. The molecule has 0 aliphatic heterocycles. The maximum absolute atomic E-state index is 5.48. The van der Waals surface area contributed by atoms with Crippen LogP contribution in [0.5, 0.6) is 0 Å². The van der Waals surface area contributed by atoms with Crippen LogP contribution in [0.4, 0.5) is 11.6 Å². The molecule has 0 aromatic carbocycles. The molecule has 2 aromatic heterocycles. The lowest BCUT2D eigenvalue weighted by Gasteiger charge is -2.12. The summed E-state index contributed by atoms with van der Waals surface area (Å²) in [6, 6.07) is 8.24. The Morgan fingerprint density at radius 2 is 2.12 bits per heavy atom. The average Bonchev–Trinajstić information content (AvgIpc) is 2.67. The zero-order chi connectivity index (χ0) is 12.3. The number of nitrogens with zero attached hydrogens (tertiary/aromatic N) is 2. The maximum atomic E-state index is 5.48. The Bertz CT molecular complexity index is 478.